The second-order valence-electron chi connectivity index (χ2n) is 5.41. The summed E-state index contributed by atoms with van der Waals surface area (Å²) in [6.45, 7) is 0.840. The van der Waals surface area contributed by atoms with Gasteiger partial charge in [-0.05, 0) is 46.7 Å². The van der Waals surface area contributed by atoms with Crippen LogP contribution in [-0.4, -0.2) is 25.0 Å². The van der Waals surface area contributed by atoms with Crippen molar-refractivity contribution in [2.45, 2.75) is 13.1 Å². The molecule has 3 aromatic rings. The van der Waals surface area contributed by atoms with Gasteiger partial charge in [0.25, 0.3) is 5.91 Å². The molecule has 0 aliphatic rings. The minimum atomic E-state index is -0.170. The average molecular weight is 357 g/mol. The van der Waals surface area contributed by atoms with Crippen LogP contribution in [0.4, 0.5) is 0 Å². The lowest BCUT2D eigenvalue weighted by Crippen LogP contribution is -2.30. The molecule has 2 aromatic heterocycles. The second kappa shape index (κ2) is 7.90. The highest BCUT2D eigenvalue weighted by molar-refractivity contribution is 7.07. The fraction of sp³-hybridized carbons (Fsp3) is 0.211. The molecular weight excluding hydrogens is 338 g/mol. The zero-order valence-electron chi connectivity index (χ0n) is 14.1. The standard InChI is InChI=1S/C19H19NO4S/c1-22-16-6-3-7-17(23-2)18(16)19(21)20(11-14-8-10-25-13-14)12-15-5-4-9-24-15/h3-10,13H,11-12H2,1-2H3. The van der Waals surface area contributed by atoms with Gasteiger partial charge in [-0.3, -0.25) is 4.79 Å². The first-order chi connectivity index (χ1) is 12.2. The van der Waals surface area contributed by atoms with E-state index in [2.05, 4.69) is 0 Å². The Bertz CT molecular complexity index is 754. The summed E-state index contributed by atoms with van der Waals surface area (Å²) >= 11 is 1.60. The Hall–Kier alpha value is -2.73. The molecule has 3 rings (SSSR count). The fourth-order valence-electron chi connectivity index (χ4n) is 2.61. The largest absolute Gasteiger partial charge is 0.496 e. The summed E-state index contributed by atoms with van der Waals surface area (Å²) in [7, 11) is 3.09. The van der Waals surface area contributed by atoms with E-state index in [1.807, 2.05) is 29.0 Å². The van der Waals surface area contributed by atoms with Crippen molar-refractivity contribution in [2.75, 3.05) is 14.2 Å². The third-order valence-electron chi connectivity index (χ3n) is 3.81. The number of rotatable bonds is 7. The zero-order chi connectivity index (χ0) is 17.6. The fourth-order valence-corrected chi connectivity index (χ4v) is 3.27. The van der Waals surface area contributed by atoms with Crippen LogP contribution in [0.15, 0.2) is 57.8 Å². The van der Waals surface area contributed by atoms with Crippen LogP contribution in [0.3, 0.4) is 0 Å². The van der Waals surface area contributed by atoms with E-state index in [1.165, 1.54) is 0 Å². The number of hydrogen-bond donors (Lipinski definition) is 0. The van der Waals surface area contributed by atoms with Crippen molar-refractivity contribution in [3.05, 3.63) is 70.3 Å². The van der Waals surface area contributed by atoms with Crippen LogP contribution in [0.1, 0.15) is 21.7 Å². The molecule has 0 fully saturated rings. The monoisotopic (exact) mass is 357 g/mol. The summed E-state index contributed by atoms with van der Waals surface area (Å²) in [5, 5.41) is 4.02. The van der Waals surface area contributed by atoms with Crippen molar-refractivity contribution in [1.82, 2.24) is 4.90 Å². The van der Waals surface area contributed by atoms with E-state index in [-0.39, 0.29) is 5.91 Å². The Morgan fingerprint density at radius 3 is 2.40 bits per heavy atom. The van der Waals surface area contributed by atoms with Crippen LogP contribution in [-0.2, 0) is 13.1 Å². The lowest BCUT2D eigenvalue weighted by molar-refractivity contribution is 0.0711. The minimum Gasteiger partial charge on any atom is -0.496 e. The van der Waals surface area contributed by atoms with Gasteiger partial charge in [-0.25, -0.2) is 0 Å². The molecule has 0 radical (unpaired) electrons. The van der Waals surface area contributed by atoms with Gasteiger partial charge < -0.3 is 18.8 Å². The number of thiophene rings is 1. The predicted molar refractivity (Wildman–Crippen MR) is 96.2 cm³/mol. The van der Waals surface area contributed by atoms with Crippen molar-refractivity contribution in [2.24, 2.45) is 0 Å². The summed E-state index contributed by atoms with van der Waals surface area (Å²) in [6, 6.07) is 11.0. The van der Waals surface area contributed by atoms with Gasteiger partial charge in [0.15, 0.2) is 0 Å². The third kappa shape index (κ3) is 3.85. The highest BCUT2D eigenvalue weighted by Gasteiger charge is 2.25. The van der Waals surface area contributed by atoms with Crippen LogP contribution in [0, 0.1) is 0 Å². The first-order valence-electron chi connectivity index (χ1n) is 7.76. The summed E-state index contributed by atoms with van der Waals surface area (Å²) in [5.74, 6) is 1.52. The van der Waals surface area contributed by atoms with Gasteiger partial charge in [-0.15, -0.1) is 0 Å². The molecular formula is C19H19NO4S. The summed E-state index contributed by atoms with van der Waals surface area (Å²) in [6.07, 6.45) is 1.60. The van der Waals surface area contributed by atoms with Gasteiger partial charge in [-0.1, -0.05) is 6.07 Å². The molecule has 0 N–H and O–H groups in total. The van der Waals surface area contributed by atoms with Gasteiger partial charge in [0, 0.05) is 6.54 Å². The molecule has 130 valence electrons. The van der Waals surface area contributed by atoms with Gasteiger partial charge in [0.05, 0.1) is 27.0 Å². The number of nitrogens with zero attached hydrogens (tertiary/aromatic N) is 1. The highest BCUT2D eigenvalue weighted by Crippen LogP contribution is 2.30. The summed E-state index contributed by atoms with van der Waals surface area (Å²) < 4.78 is 16.2. The van der Waals surface area contributed by atoms with E-state index in [4.69, 9.17) is 13.9 Å². The Morgan fingerprint density at radius 2 is 1.84 bits per heavy atom. The lowest BCUT2D eigenvalue weighted by Gasteiger charge is -2.23. The SMILES string of the molecule is COc1cccc(OC)c1C(=O)N(Cc1ccsc1)Cc1ccco1. The smallest absolute Gasteiger partial charge is 0.262 e. The third-order valence-corrected chi connectivity index (χ3v) is 4.54. The number of hydrogen-bond acceptors (Lipinski definition) is 5. The molecule has 0 aliphatic carbocycles. The van der Waals surface area contributed by atoms with Gasteiger partial charge in [0.2, 0.25) is 0 Å². The number of methoxy groups -OCH3 is 2. The molecule has 0 aliphatic heterocycles. The number of ether oxygens (including phenoxy) is 2. The lowest BCUT2D eigenvalue weighted by atomic mass is 10.1. The van der Waals surface area contributed by atoms with Gasteiger partial charge in [0.1, 0.15) is 22.8 Å². The Morgan fingerprint density at radius 1 is 1.08 bits per heavy atom. The van der Waals surface area contributed by atoms with Gasteiger partial charge >= 0.3 is 0 Å². The van der Waals surface area contributed by atoms with Crippen LogP contribution < -0.4 is 9.47 Å². The molecule has 1 amide bonds. The number of furan rings is 1. The topological polar surface area (TPSA) is 51.9 Å². The van der Waals surface area contributed by atoms with Crippen LogP contribution in [0.2, 0.25) is 0 Å². The average Bonchev–Trinajstić information content (AvgIpc) is 3.33. The Labute approximate surface area is 150 Å². The number of amides is 1. The molecule has 0 unspecified atom stereocenters. The van der Waals surface area contributed by atoms with Crippen LogP contribution in [0.25, 0.3) is 0 Å². The maximum Gasteiger partial charge on any atom is 0.262 e. The van der Waals surface area contributed by atoms with E-state index in [0.29, 0.717) is 30.2 Å². The van der Waals surface area contributed by atoms with E-state index >= 15 is 0 Å². The second-order valence-corrected chi connectivity index (χ2v) is 6.19. The van der Waals surface area contributed by atoms with Crippen molar-refractivity contribution >= 4 is 17.2 Å². The maximum atomic E-state index is 13.3. The van der Waals surface area contributed by atoms with Crippen molar-refractivity contribution in [3.63, 3.8) is 0 Å². The minimum absolute atomic E-state index is 0.170. The molecule has 0 saturated carbocycles. The number of carbonyl (C=O) groups is 1. The van der Waals surface area contributed by atoms with Crippen molar-refractivity contribution in [1.29, 1.82) is 0 Å². The molecule has 0 atom stereocenters. The molecule has 0 spiro atoms. The predicted octanol–water partition coefficient (Wildman–Crippen LogP) is 4.20. The Kier molecular flexibility index (Phi) is 5.40. The molecule has 6 heteroatoms. The first kappa shape index (κ1) is 17.1. The number of carbonyl (C=O) groups excluding carboxylic acids is 1. The Balaban J connectivity index is 1.96. The van der Waals surface area contributed by atoms with E-state index in [0.717, 1.165) is 11.3 Å². The van der Waals surface area contributed by atoms with Crippen LogP contribution >= 0.6 is 11.3 Å². The van der Waals surface area contributed by atoms with E-state index in [1.54, 1.807) is 54.9 Å². The van der Waals surface area contributed by atoms with E-state index < -0.39 is 0 Å². The van der Waals surface area contributed by atoms with Crippen LogP contribution in [0.5, 0.6) is 11.5 Å². The van der Waals surface area contributed by atoms with E-state index in [9.17, 15) is 4.79 Å². The van der Waals surface area contributed by atoms with Crippen molar-refractivity contribution in [3.8, 4) is 11.5 Å². The maximum absolute atomic E-state index is 13.3. The quantitative estimate of drug-likeness (QED) is 0.636. The first-order valence-corrected chi connectivity index (χ1v) is 8.71. The molecule has 0 saturated heterocycles. The summed E-state index contributed by atoms with van der Waals surface area (Å²) in [5.41, 5.74) is 1.48. The van der Waals surface area contributed by atoms with Gasteiger partial charge in [-0.2, -0.15) is 11.3 Å². The highest BCUT2D eigenvalue weighted by atomic mass is 32.1. The van der Waals surface area contributed by atoms with Crippen molar-refractivity contribution < 1.29 is 18.7 Å². The molecule has 2 heterocycles. The molecule has 0 bridgehead atoms. The molecule has 5 nitrogen and oxygen atoms in total. The zero-order valence-corrected chi connectivity index (χ0v) is 14.9. The normalized spacial score (nSPS) is 10.5. The molecule has 25 heavy (non-hydrogen) atoms. The number of benzene rings is 1. The summed E-state index contributed by atoms with van der Waals surface area (Å²) in [4.78, 5) is 15.0. The molecule has 1 aromatic carbocycles.